The van der Waals surface area contributed by atoms with Crippen molar-refractivity contribution >= 4 is 23.0 Å². The Morgan fingerprint density at radius 3 is 2.39 bits per heavy atom. The average molecular weight is 385 g/mol. The number of nitrogens with zero attached hydrogens (tertiary/aromatic N) is 1. The second-order valence-corrected chi connectivity index (χ2v) is 5.70. The fourth-order valence-corrected chi connectivity index (χ4v) is 2.44. The van der Waals surface area contributed by atoms with Crippen molar-refractivity contribution in [2.24, 2.45) is 0 Å². The number of pyridine rings is 1. The highest BCUT2D eigenvalue weighted by Crippen LogP contribution is 2.29. The number of hydrogen-bond acceptors (Lipinski definition) is 5. The Bertz CT molecular complexity index is 994. The summed E-state index contributed by atoms with van der Waals surface area (Å²) in [5.74, 6) is -0.798. The zero-order valence-corrected chi connectivity index (χ0v) is 15.1. The maximum atomic E-state index is 13.7. The lowest BCUT2D eigenvalue weighted by Gasteiger charge is -2.12. The third-order valence-corrected chi connectivity index (χ3v) is 3.86. The van der Waals surface area contributed by atoms with E-state index < -0.39 is 17.5 Å². The van der Waals surface area contributed by atoms with Crippen LogP contribution in [0.4, 0.5) is 25.8 Å². The average Bonchev–Trinajstić information content (AvgIpc) is 2.71. The van der Waals surface area contributed by atoms with E-state index >= 15 is 0 Å². The first-order chi connectivity index (χ1) is 13.5. The fourth-order valence-electron chi connectivity index (χ4n) is 2.44. The van der Waals surface area contributed by atoms with Gasteiger partial charge in [-0.1, -0.05) is 0 Å². The van der Waals surface area contributed by atoms with Crippen LogP contribution in [0.25, 0.3) is 0 Å². The molecule has 0 aliphatic heterocycles. The maximum absolute atomic E-state index is 13.7. The van der Waals surface area contributed by atoms with Crippen LogP contribution >= 0.6 is 0 Å². The Labute approximate surface area is 160 Å². The SMILES string of the molecule is COc1ccc(NC(=O)c2ccc(Nc3ccc(F)cc3F)cn2)c(OC)c1. The molecule has 1 aromatic heterocycles. The zero-order valence-electron chi connectivity index (χ0n) is 15.1. The molecule has 3 aromatic rings. The molecule has 28 heavy (non-hydrogen) atoms. The van der Waals surface area contributed by atoms with Gasteiger partial charge in [-0.3, -0.25) is 4.79 Å². The number of rotatable bonds is 6. The third-order valence-electron chi connectivity index (χ3n) is 3.86. The fraction of sp³-hybridized carbons (Fsp3) is 0.100. The van der Waals surface area contributed by atoms with E-state index in [1.807, 2.05) is 0 Å². The quantitative estimate of drug-likeness (QED) is 0.659. The van der Waals surface area contributed by atoms with Crippen molar-refractivity contribution in [2.45, 2.75) is 0 Å². The highest BCUT2D eigenvalue weighted by Gasteiger charge is 2.12. The molecule has 0 spiro atoms. The topological polar surface area (TPSA) is 72.5 Å². The molecule has 0 saturated carbocycles. The van der Waals surface area contributed by atoms with Gasteiger partial charge in [0.2, 0.25) is 0 Å². The summed E-state index contributed by atoms with van der Waals surface area (Å²) in [6, 6.07) is 11.2. The Morgan fingerprint density at radius 1 is 0.964 bits per heavy atom. The summed E-state index contributed by atoms with van der Waals surface area (Å²) in [7, 11) is 3.02. The van der Waals surface area contributed by atoms with Crippen LogP contribution in [0.1, 0.15) is 10.5 Å². The zero-order chi connectivity index (χ0) is 20.1. The Kier molecular flexibility index (Phi) is 5.69. The van der Waals surface area contributed by atoms with Gasteiger partial charge in [-0.2, -0.15) is 0 Å². The molecule has 1 heterocycles. The van der Waals surface area contributed by atoms with E-state index in [0.717, 1.165) is 12.1 Å². The molecular formula is C20H17F2N3O3. The van der Waals surface area contributed by atoms with Gasteiger partial charge >= 0.3 is 0 Å². The van der Waals surface area contributed by atoms with Gasteiger partial charge in [0.15, 0.2) is 0 Å². The molecule has 6 nitrogen and oxygen atoms in total. The minimum Gasteiger partial charge on any atom is -0.497 e. The van der Waals surface area contributed by atoms with Crippen molar-refractivity contribution in [3.8, 4) is 11.5 Å². The van der Waals surface area contributed by atoms with Crippen LogP contribution in [0.2, 0.25) is 0 Å². The highest BCUT2D eigenvalue weighted by atomic mass is 19.1. The van der Waals surface area contributed by atoms with Gasteiger partial charge in [0.05, 0.1) is 37.5 Å². The molecule has 2 N–H and O–H groups in total. The van der Waals surface area contributed by atoms with E-state index in [2.05, 4.69) is 15.6 Å². The first-order valence-electron chi connectivity index (χ1n) is 8.21. The van der Waals surface area contributed by atoms with Gasteiger partial charge in [0.25, 0.3) is 5.91 Å². The summed E-state index contributed by atoms with van der Waals surface area (Å²) >= 11 is 0. The Morgan fingerprint density at radius 2 is 1.75 bits per heavy atom. The Hall–Kier alpha value is -3.68. The smallest absolute Gasteiger partial charge is 0.274 e. The van der Waals surface area contributed by atoms with Crippen LogP contribution < -0.4 is 20.1 Å². The van der Waals surface area contributed by atoms with Crippen LogP contribution in [0.3, 0.4) is 0 Å². The van der Waals surface area contributed by atoms with E-state index in [1.54, 1.807) is 24.3 Å². The lowest BCUT2D eigenvalue weighted by molar-refractivity contribution is 0.102. The number of ether oxygens (including phenoxy) is 2. The molecule has 1 amide bonds. The number of aromatic nitrogens is 1. The molecule has 8 heteroatoms. The minimum atomic E-state index is -0.728. The number of hydrogen-bond donors (Lipinski definition) is 2. The molecular weight excluding hydrogens is 368 g/mol. The molecule has 0 radical (unpaired) electrons. The summed E-state index contributed by atoms with van der Waals surface area (Å²) < 4.78 is 37.0. The summed E-state index contributed by atoms with van der Waals surface area (Å²) in [4.78, 5) is 16.5. The first kappa shape index (κ1) is 19.1. The number of halogens is 2. The van der Waals surface area contributed by atoms with Crippen molar-refractivity contribution in [3.05, 3.63) is 72.1 Å². The number of benzene rings is 2. The molecule has 0 atom stereocenters. The molecule has 0 unspecified atom stereocenters. The van der Waals surface area contributed by atoms with E-state index in [-0.39, 0.29) is 11.4 Å². The number of methoxy groups -OCH3 is 2. The molecule has 2 aromatic carbocycles. The van der Waals surface area contributed by atoms with E-state index in [9.17, 15) is 13.6 Å². The van der Waals surface area contributed by atoms with Crippen LogP contribution in [0.15, 0.2) is 54.7 Å². The molecule has 3 rings (SSSR count). The number of anilines is 3. The second-order valence-electron chi connectivity index (χ2n) is 5.70. The van der Waals surface area contributed by atoms with Gasteiger partial charge in [0, 0.05) is 12.1 Å². The monoisotopic (exact) mass is 385 g/mol. The lowest BCUT2D eigenvalue weighted by atomic mass is 10.2. The Balaban J connectivity index is 1.72. The van der Waals surface area contributed by atoms with Crippen LogP contribution in [-0.4, -0.2) is 25.1 Å². The number of carbonyl (C=O) groups excluding carboxylic acids is 1. The summed E-state index contributed by atoms with van der Waals surface area (Å²) in [5.41, 5.74) is 1.17. The predicted molar refractivity (Wildman–Crippen MR) is 101 cm³/mol. The van der Waals surface area contributed by atoms with Gasteiger partial charge < -0.3 is 20.1 Å². The molecule has 0 fully saturated rings. The highest BCUT2D eigenvalue weighted by molar-refractivity contribution is 6.03. The van der Waals surface area contributed by atoms with Crippen LogP contribution in [0.5, 0.6) is 11.5 Å². The molecule has 144 valence electrons. The van der Waals surface area contributed by atoms with Gasteiger partial charge in [0.1, 0.15) is 28.8 Å². The molecule has 0 aliphatic carbocycles. The van der Waals surface area contributed by atoms with Crippen LogP contribution in [0, 0.1) is 11.6 Å². The minimum absolute atomic E-state index is 0.100. The largest absolute Gasteiger partial charge is 0.497 e. The van der Waals surface area contributed by atoms with Gasteiger partial charge in [-0.15, -0.1) is 0 Å². The van der Waals surface area contributed by atoms with Crippen molar-refractivity contribution in [1.29, 1.82) is 0 Å². The third kappa shape index (κ3) is 4.35. The lowest BCUT2D eigenvalue weighted by Crippen LogP contribution is -2.14. The second kappa shape index (κ2) is 8.34. The van der Waals surface area contributed by atoms with Crippen molar-refractivity contribution in [1.82, 2.24) is 4.98 Å². The molecule has 0 aliphatic rings. The predicted octanol–water partition coefficient (Wildman–Crippen LogP) is 4.37. The van der Waals surface area contributed by atoms with Crippen LogP contribution in [-0.2, 0) is 0 Å². The van der Waals surface area contributed by atoms with E-state index in [4.69, 9.17) is 9.47 Å². The van der Waals surface area contributed by atoms with Crippen molar-refractivity contribution in [2.75, 3.05) is 24.9 Å². The standard InChI is InChI=1S/C20H17F2N3O3/c1-27-14-5-8-17(19(10-14)28-2)25-20(26)18-7-4-13(11-23-18)24-16-6-3-12(21)9-15(16)22/h3-11,24H,1-2H3,(H,25,26). The van der Waals surface area contributed by atoms with Gasteiger partial charge in [-0.05, 0) is 36.4 Å². The van der Waals surface area contributed by atoms with Crippen molar-refractivity contribution < 1.29 is 23.0 Å². The normalized spacial score (nSPS) is 10.3. The van der Waals surface area contributed by atoms with Gasteiger partial charge in [-0.25, -0.2) is 13.8 Å². The van der Waals surface area contributed by atoms with Crippen molar-refractivity contribution in [3.63, 3.8) is 0 Å². The molecule has 0 bridgehead atoms. The van der Waals surface area contributed by atoms with E-state index in [1.165, 1.54) is 32.5 Å². The first-order valence-corrected chi connectivity index (χ1v) is 8.21. The summed E-state index contributed by atoms with van der Waals surface area (Å²) in [6.07, 6.45) is 1.38. The maximum Gasteiger partial charge on any atom is 0.274 e. The summed E-state index contributed by atoms with van der Waals surface area (Å²) in [6.45, 7) is 0. The number of nitrogens with one attached hydrogen (secondary N) is 2. The summed E-state index contributed by atoms with van der Waals surface area (Å²) in [5, 5.41) is 5.49. The number of amides is 1. The molecule has 0 saturated heterocycles. The number of carbonyl (C=O) groups is 1. The van der Waals surface area contributed by atoms with E-state index in [0.29, 0.717) is 22.9 Å².